The standard InChI is InChI=1S/C6H11N3O/c1-2-3-8-4-6(10)5-9-7/h5,8H,2-4H2,1H3. The largest absolute Gasteiger partial charge is 0.361 e. The first-order valence-electron chi connectivity index (χ1n) is 3.22. The van der Waals surface area contributed by atoms with E-state index in [1.165, 1.54) is 0 Å². The van der Waals surface area contributed by atoms with E-state index in [1.54, 1.807) is 0 Å². The van der Waals surface area contributed by atoms with Gasteiger partial charge in [0, 0.05) is 0 Å². The summed E-state index contributed by atoms with van der Waals surface area (Å²) in [5, 5.41) is 2.87. The minimum atomic E-state index is -0.212. The molecule has 10 heavy (non-hydrogen) atoms. The monoisotopic (exact) mass is 141 g/mol. The van der Waals surface area contributed by atoms with Crippen LogP contribution in [0.3, 0.4) is 0 Å². The molecule has 0 spiro atoms. The summed E-state index contributed by atoms with van der Waals surface area (Å²) < 4.78 is 0. The van der Waals surface area contributed by atoms with E-state index in [-0.39, 0.29) is 12.3 Å². The van der Waals surface area contributed by atoms with Crippen LogP contribution in [0.25, 0.3) is 5.53 Å². The van der Waals surface area contributed by atoms with Gasteiger partial charge in [-0.25, -0.2) is 0 Å². The molecule has 0 unspecified atom stereocenters. The highest BCUT2D eigenvalue weighted by molar-refractivity contribution is 6.26. The molecule has 0 atom stereocenters. The second-order valence-corrected chi connectivity index (χ2v) is 1.89. The summed E-state index contributed by atoms with van der Waals surface area (Å²) in [6.45, 7) is 3.07. The Morgan fingerprint density at radius 3 is 3.00 bits per heavy atom. The fraction of sp³-hybridized carbons (Fsp3) is 0.667. The normalized spacial score (nSPS) is 8.50. The van der Waals surface area contributed by atoms with Gasteiger partial charge in [0.15, 0.2) is 0 Å². The van der Waals surface area contributed by atoms with Crippen LogP contribution in [0.4, 0.5) is 0 Å². The van der Waals surface area contributed by atoms with Gasteiger partial charge in [0.2, 0.25) is 5.78 Å². The summed E-state index contributed by atoms with van der Waals surface area (Å²) in [6.07, 6.45) is 1.88. The number of nitrogens with zero attached hydrogens (tertiary/aromatic N) is 2. The zero-order valence-electron chi connectivity index (χ0n) is 6.00. The average Bonchev–Trinajstić information content (AvgIpc) is 1.89. The van der Waals surface area contributed by atoms with Crippen LogP contribution >= 0.6 is 0 Å². The molecule has 0 fully saturated rings. The Labute approximate surface area is 59.9 Å². The summed E-state index contributed by atoms with van der Waals surface area (Å²) in [4.78, 5) is 13.1. The minimum Gasteiger partial charge on any atom is -0.361 e. The van der Waals surface area contributed by atoms with E-state index in [4.69, 9.17) is 5.53 Å². The molecule has 0 radical (unpaired) electrons. The summed E-state index contributed by atoms with van der Waals surface area (Å²) in [7, 11) is 0. The van der Waals surface area contributed by atoms with Crippen molar-refractivity contribution in [3.63, 3.8) is 0 Å². The summed E-state index contributed by atoms with van der Waals surface area (Å²) in [6, 6.07) is 0. The Morgan fingerprint density at radius 2 is 2.50 bits per heavy atom. The molecule has 0 heterocycles. The Hall–Kier alpha value is -0.990. The van der Waals surface area contributed by atoms with E-state index in [1.807, 2.05) is 6.92 Å². The number of Topliss-reactive ketones (excluding diaryl/α,β-unsaturated/α-hetero) is 1. The van der Waals surface area contributed by atoms with E-state index >= 15 is 0 Å². The second-order valence-electron chi connectivity index (χ2n) is 1.89. The van der Waals surface area contributed by atoms with Gasteiger partial charge in [0.05, 0.1) is 6.54 Å². The molecule has 0 aromatic heterocycles. The molecule has 0 aromatic carbocycles. The highest BCUT2D eigenvalue weighted by atomic mass is 16.1. The highest BCUT2D eigenvalue weighted by Crippen LogP contribution is 1.68. The van der Waals surface area contributed by atoms with Gasteiger partial charge in [-0.15, -0.1) is 0 Å². The number of hydrogen-bond acceptors (Lipinski definition) is 2. The molecule has 0 amide bonds. The van der Waals surface area contributed by atoms with Gasteiger partial charge in [-0.2, -0.15) is 4.79 Å². The molecule has 0 aliphatic heterocycles. The van der Waals surface area contributed by atoms with Crippen LogP contribution in [0.2, 0.25) is 0 Å². The molecule has 4 nitrogen and oxygen atoms in total. The first-order chi connectivity index (χ1) is 4.81. The molecule has 0 aliphatic rings. The van der Waals surface area contributed by atoms with Gasteiger partial charge < -0.3 is 10.8 Å². The van der Waals surface area contributed by atoms with Gasteiger partial charge in [-0.1, -0.05) is 6.92 Å². The maximum Gasteiger partial charge on any atom is 0.324 e. The number of hydrogen-bond donors (Lipinski definition) is 1. The van der Waals surface area contributed by atoms with E-state index in [0.29, 0.717) is 0 Å². The summed E-state index contributed by atoms with van der Waals surface area (Å²) in [5.74, 6) is -0.212. The van der Waals surface area contributed by atoms with Gasteiger partial charge in [0.25, 0.3) is 0 Å². The zero-order chi connectivity index (χ0) is 7.82. The van der Waals surface area contributed by atoms with Crippen molar-refractivity contribution < 1.29 is 9.58 Å². The summed E-state index contributed by atoms with van der Waals surface area (Å²) in [5.41, 5.74) is 7.91. The molecule has 0 bridgehead atoms. The number of rotatable bonds is 5. The molecular weight excluding hydrogens is 130 g/mol. The predicted octanol–water partition coefficient (Wildman–Crippen LogP) is -0.144. The van der Waals surface area contributed by atoms with Crippen LogP contribution in [-0.4, -0.2) is 29.9 Å². The minimum absolute atomic E-state index is 0.212. The number of ketones is 1. The van der Waals surface area contributed by atoms with Crippen LogP contribution < -0.4 is 5.32 Å². The fourth-order valence-corrected chi connectivity index (χ4v) is 0.498. The Bertz CT molecular complexity index is 149. The fourth-order valence-electron chi connectivity index (χ4n) is 0.498. The third-order valence-corrected chi connectivity index (χ3v) is 0.928. The van der Waals surface area contributed by atoms with Crippen LogP contribution in [0.1, 0.15) is 13.3 Å². The van der Waals surface area contributed by atoms with Crippen LogP contribution in [0.5, 0.6) is 0 Å². The van der Waals surface area contributed by atoms with E-state index in [2.05, 4.69) is 10.1 Å². The topological polar surface area (TPSA) is 65.5 Å². The van der Waals surface area contributed by atoms with Crippen molar-refractivity contribution in [1.29, 1.82) is 0 Å². The van der Waals surface area contributed by atoms with Crippen molar-refractivity contribution >= 4 is 12.0 Å². The first kappa shape index (κ1) is 9.01. The Balaban J connectivity index is 3.31. The Kier molecular flexibility index (Phi) is 5.53. The number of nitrogens with one attached hydrogen (secondary N) is 1. The smallest absolute Gasteiger partial charge is 0.324 e. The number of carbonyl (C=O) groups is 1. The van der Waals surface area contributed by atoms with Gasteiger partial charge >= 0.3 is 6.21 Å². The van der Waals surface area contributed by atoms with E-state index < -0.39 is 0 Å². The van der Waals surface area contributed by atoms with Crippen LogP contribution in [0, 0.1) is 0 Å². The Morgan fingerprint density at radius 1 is 1.80 bits per heavy atom. The van der Waals surface area contributed by atoms with Gasteiger partial charge in [0.1, 0.15) is 0 Å². The van der Waals surface area contributed by atoms with Crippen molar-refractivity contribution in [3.05, 3.63) is 5.53 Å². The molecule has 0 saturated carbocycles. The molecule has 4 heteroatoms. The van der Waals surface area contributed by atoms with Crippen LogP contribution in [-0.2, 0) is 4.79 Å². The molecule has 1 N–H and O–H groups in total. The molecular formula is C6H11N3O. The quantitative estimate of drug-likeness (QED) is 0.250. The third-order valence-electron chi connectivity index (χ3n) is 0.928. The van der Waals surface area contributed by atoms with Crippen LogP contribution in [0.15, 0.2) is 0 Å². The molecule has 0 rings (SSSR count). The van der Waals surface area contributed by atoms with Crippen molar-refractivity contribution in [1.82, 2.24) is 5.32 Å². The average molecular weight is 141 g/mol. The van der Waals surface area contributed by atoms with E-state index in [0.717, 1.165) is 19.2 Å². The lowest BCUT2D eigenvalue weighted by atomic mass is 10.4. The van der Waals surface area contributed by atoms with E-state index in [9.17, 15) is 4.79 Å². The lowest BCUT2D eigenvalue weighted by Gasteiger charge is -1.93. The SMILES string of the molecule is CCCNCC(=O)C=[N+]=[N-]. The summed E-state index contributed by atoms with van der Waals surface area (Å²) >= 11 is 0. The van der Waals surface area contributed by atoms with Crippen molar-refractivity contribution in [2.45, 2.75) is 13.3 Å². The maximum absolute atomic E-state index is 10.5. The maximum atomic E-state index is 10.5. The molecule has 0 aliphatic carbocycles. The lowest BCUT2D eigenvalue weighted by molar-refractivity contribution is -0.115. The number of carbonyl (C=O) groups excluding carboxylic acids is 1. The highest BCUT2D eigenvalue weighted by Gasteiger charge is 1.98. The zero-order valence-corrected chi connectivity index (χ0v) is 6.00. The van der Waals surface area contributed by atoms with Crippen molar-refractivity contribution in [2.24, 2.45) is 0 Å². The molecule has 0 aromatic rings. The molecule has 0 saturated heterocycles. The second kappa shape index (κ2) is 6.13. The van der Waals surface area contributed by atoms with Gasteiger partial charge in [-0.05, 0) is 13.0 Å². The van der Waals surface area contributed by atoms with Crippen molar-refractivity contribution in [3.8, 4) is 0 Å². The first-order valence-corrected chi connectivity index (χ1v) is 3.22. The predicted molar refractivity (Wildman–Crippen MR) is 37.9 cm³/mol. The lowest BCUT2D eigenvalue weighted by Crippen LogP contribution is -2.24. The van der Waals surface area contributed by atoms with Crippen molar-refractivity contribution in [2.75, 3.05) is 13.1 Å². The molecule has 56 valence electrons. The van der Waals surface area contributed by atoms with Gasteiger partial charge in [-0.3, -0.25) is 4.79 Å². The third kappa shape index (κ3) is 5.15.